The van der Waals surface area contributed by atoms with Gasteiger partial charge >= 0.3 is 5.97 Å². The molecule has 0 radical (unpaired) electrons. The number of carbonyl (C=O) groups is 1. The quantitative estimate of drug-likeness (QED) is 0.790. The second-order valence-corrected chi connectivity index (χ2v) is 5.98. The fraction of sp³-hybridized carbons (Fsp3) is 0.588. The highest BCUT2D eigenvalue weighted by atomic mass is 16.5. The third kappa shape index (κ3) is 2.73. The standard InChI is InChI=1S/C17H23NO2/c1-2-15(13-6-4-3-5-7-13)17(19)20-16-12-18-10-8-14(16)9-11-18/h3-7,14-16H,2,8-12H2,1H3/t15-,16+/m0/s1. The van der Waals surface area contributed by atoms with Crippen LogP contribution in [0.1, 0.15) is 37.7 Å². The highest BCUT2D eigenvalue weighted by molar-refractivity contribution is 5.78. The van der Waals surface area contributed by atoms with Gasteiger partial charge in [0.15, 0.2) is 0 Å². The van der Waals surface area contributed by atoms with E-state index in [-0.39, 0.29) is 18.0 Å². The molecular formula is C17H23NO2. The topological polar surface area (TPSA) is 29.5 Å². The van der Waals surface area contributed by atoms with E-state index in [0.717, 1.165) is 18.5 Å². The Kier molecular flexibility index (Phi) is 4.06. The van der Waals surface area contributed by atoms with E-state index >= 15 is 0 Å². The zero-order valence-corrected chi connectivity index (χ0v) is 12.1. The number of carbonyl (C=O) groups excluding carboxylic acids is 1. The van der Waals surface area contributed by atoms with Crippen LogP contribution >= 0.6 is 0 Å². The van der Waals surface area contributed by atoms with Gasteiger partial charge in [-0.05, 0) is 43.8 Å². The summed E-state index contributed by atoms with van der Waals surface area (Å²) in [6, 6.07) is 9.99. The Labute approximate surface area is 120 Å². The maximum absolute atomic E-state index is 12.5. The number of benzene rings is 1. The molecule has 0 N–H and O–H groups in total. The van der Waals surface area contributed by atoms with E-state index in [4.69, 9.17) is 4.74 Å². The molecule has 108 valence electrons. The van der Waals surface area contributed by atoms with Crippen LogP contribution in [0.3, 0.4) is 0 Å². The Balaban J connectivity index is 1.66. The lowest BCUT2D eigenvalue weighted by atomic mass is 9.85. The molecule has 2 atom stereocenters. The van der Waals surface area contributed by atoms with E-state index in [0.29, 0.717) is 5.92 Å². The predicted molar refractivity (Wildman–Crippen MR) is 78.5 cm³/mol. The second kappa shape index (κ2) is 5.96. The van der Waals surface area contributed by atoms with Crippen molar-refractivity contribution in [2.24, 2.45) is 5.92 Å². The van der Waals surface area contributed by atoms with E-state index in [9.17, 15) is 4.79 Å². The minimum absolute atomic E-state index is 0.0440. The molecule has 0 aliphatic carbocycles. The lowest BCUT2D eigenvalue weighted by molar-refractivity contribution is -0.160. The van der Waals surface area contributed by atoms with Crippen molar-refractivity contribution in [2.75, 3.05) is 19.6 Å². The van der Waals surface area contributed by atoms with Gasteiger partial charge in [0.05, 0.1) is 5.92 Å². The third-order valence-electron chi connectivity index (χ3n) is 4.76. The summed E-state index contributed by atoms with van der Waals surface area (Å²) in [5.74, 6) is 0.418. The van der Waals surface area contributed by atoms with Gasteiger partial charge in [0.25, 0.3) is 0 Å². The molecule has 0 amide bonds. The van der Waals surface area contributed by atoms with Crippen LogP contribution in [0.25, 0.3) is 0 Å². The Morgan fingerprint density at radius 1 is 1.30 bits per heavy atom. The van der Waals surface area contributed by atoms with Crippen LogP contribution in [-0.2, 0) is 9.53 Å². The molecule has 3 aliphatic heterocycles. The van der Waals surface area contributed by atoms with Crippen molar-refractivity contribution in [2.45, 2.75) is 38.2 Å². The minimum Gasteiger partial charge on any atom is -0.460 e. The molecule has 3 fully saturated rings. The molecule has 0 spiro atoms. The maximum Gasteiger partial charge on any atom is 0.313 e. The molecule has 0 unspecified atom stereocenters. The summed E-state index contributed by atoms with van der Waals surface area (Å²) in [6.45, 7) is 5.33. The van der Waals surface area contributed by atoms with Crippen LogP contribution in [-0.4, -0.2) is 36.6 Å². The van der Waals surface area contributed by atoms with E-state index in [2.05, 4.69) is 11.8 Å². The highest BCUT2D eigenvalue weighted by Crippen LogP contribution is 2.31. The van der Waals surface area contributed by atoms with Gasteiger partial charge in [0.1, 0.15) is 6.10 Å². The van der Waals surface area contributed by atoms with Crippen molar-refractivity contribution >= 4 is 5.97 Å². The molecule has 0 aromatic heterocycles. The average Bonchev–Trinajstić information content (AvgIpc) is 2.50. The van der Waals surface area contributed by atoms with Gasteiger partial charge in [-0.1, -0.05) is 37.3 Å². The molecule has 3 nitrogen and oxygen atoms in total. The second-order valence-electron chi connectivity index (χ2n) is 5.98. The van der Waals surface area contributed by atoms with E-state index in [1.807, 2.05) is 30.3 Å². The number of piperidine rings is 3. The summed E-state index contributed by atoms with van der Waals surface area (Å²) < 4.78 is 5.85. The van der Waals surface area contributed by atoms with Crippen LogP contribution in [0, 0.1) is 5.92 Å². The minimum atomic E-state index is -0.119. The summed E-state index contributed by atoms with van der Waals surface area (Å²) in [4.78, 5) is 14.9. The number of ether oxygens (including phenoxy) is 1. The lowest BCUT2D eigenvalue weighted by Gasteiger charge is -2.44. The van der Waals surface area contributed by atoms with Crippen LogP contribution < -0.4 is 0 Å². The first-order valence-corrected chi connectivity index (χ1v) is 7.75. The summed E-state index contributed by atoms with van der Waals surface area (Å²) in [7, 11) is 0. The Bertz CT molecular complexity index is 451. The molecule has 1 aromatic carbocycles. The van der Waals surface area contributed by atoms with Crippen molar-refractivity contribution in [3.8, 4) is 0 Å². The van der Waals surface area contributed by atoms with Crippen molar-refractivity contribution in [1.82, 2.24) is 4.90 Å². The van der Waals surface area contributed by atoms with Crippen LogP contribution in [0.2, 0.25) is 0 Å². The molecule has 3 saturated heterocycles. The fourth-order valence-electron chi connectivity index (χ4n) is 3.50. The summed E-state index contributed by atoms with van der Waals surface area (Å²) >= 11 is 0. The van der Waals surface area contributed by atoms with Crippen molar-refractivity contribution in [3.05, 3.63) is 35.9 Å². The first-order valence-electron chi connectivity index (χ1n) is 7.75. The summed E-state index contributed by atoms with van der Waals surface area (Å²) in [5, 5.41) is 0. The largest absolute Gasteiger partial charge is 0.460 e. The average molecular weight is 273 g/mol. The number of hydrogen-bond acceptors (Lipinski definition) is 3. The smallest absolute Gasteiger partial charge is 0.313 e. The molecule has 3 aliphatic rings. The van der Waals surface area contributed by atoms with E-state index in [1.54, 1.807) is 0 Å². The third-order valence-corrected chi connectivity index (χ3v) is 4.76. The summed E-state index contributed by atoms with van der Waals surface area (Å²) in [6.07, 6.45) is 3.27. The Morgan fingerprint density at radius 2 is 2.00 bits per heavy atom. The first-order chi connectivity index (χ1) is 9.78. The molecule has 20 heavy (non-hydrogen) atoms. The van der Waals surface area contributed by atoms with Gasteiger partial charge in [-0.15, -0.1) is 0 Å². The number of nitrogens with zero attached hydrogens (tertiary/aromatic N) is 1. The number of rotatable bonds is 4. The molecule has 0 saturated carbocycles. The van der Waals surface area contributed by atoms with Crippen molar-refractivity contribution in [1.29, 1.82) is 0 Å². The molecular weight excluding hydrogens is 250 g/mol. The molecule has 4 rings (SSSR count). The van der Waals surface area contributed by atoms with Crippen LogP contribution in [0.15, 0.2) is 30.3 Å². The maximum atomic E-state index is 12.5. The van der Waals surface area contributed by atoms with Gasteiger partial charge in [-0.3, -0.25) is 9.69 Å². The molecule has 3 heterocycles. The van der Waals surface area contributed by atoms with Gasteiger partial charge in [-0.25, -0.2) is 0 Å². The van der Waals surface area contributed by atoms with Crippen LogP contribution in [0.5, 0.6) is 0 Å². The monoisotopic (exact) mass is 273 g/mol. The lowest BCUT2D eigenvalue weighted by Crippen LogP contribution is -2.52. The van der Waals surface area contributed by atoms with Gasteiger partial charge < -0.3 is 4.74 Å². The SMILES string of the molecule is CC[C@H](C(=O)O[C@@H]1CN2CCC1CC2)c1ccccc1. The van der Waals surface area contributed by atoms with Gasteiger partial charge in [0, 0.05) is 6.54 Å². The first kappa shape index (κ1) is 13.6. The van der Waals surface area contributed by atoms with Crippen molar-refractivity contribution < 1.29 is 9.53 Å². The number of fused-ring (bicyclic) bond motifs is 3. The van der Waals surface area contributed by atoms with Gasteiger partial charge in [0.2, 0.25) is 0 Å². The zero-order chi connectivity index (χ0) is 13.9. The van der Waals surface area contributed by atoms with E-state index < -0.39 is 0 Å². The van der Waals surface area contributed by atoms with E-state index in [1.165, 1.54) is 25.9 Å². The normalized spacial score (nSPS) is 29.9. The highest BCUT2D eigenvalue weighted by Gasteiger charge is 2.37. The number of esters is 1. The predicted octanol–water partition coefficient (Wildman–Crippen LogP) is 2.82. The van der Waals surface area contributed by atoms with Crippen molar-refractivity contribution in [3.63, 3.8) is 0 Å². The van der Waals surface area contributed by atoms with Gasteiger partial charge in [-0.2, -0.15) is 0 Å². The molecule has 3 heteroatoms. The fourth-order valence-corrected chi connectivity index (χ4v) is 3.50. The Morgan fingerprint density at radius 3 is 2.55 bits per heavy atom. The Hall–Kier alpha value is -1.35. The van der Waals surface area contributed by atoms with Crippen LogP contribution in [0.4, 0.5) is 0 Å². The molecule has 1 aromatic rings. The number of hydrogen-bond donors (Lipinski definition) is 0. The summed E-state index contributed by atoms with van der Waals surface area (Å²) in [5.41, 5.74) is 1.07. The zero-order valence-electron chi connectivity index (χ0n) is 12.1. The molecule has 2 bridgehead atoms.